The molecular weight excluding hydrogens is 628 g/mol. The van der Waals surface area contributed by atoms with Gasteiger partial charge in [0.2, 0.25) is 5.90 Å². The predicted octanol–water partition coefficient (Wildman–Crippen LogP) is 5.91. The van der Waals surface area contributed by atoms with Gasteiger partial charge >= 0.3 is 5.97 Å². The summed E-state index contributed by atoms with van der Waals surface area (Å²) in [6.07, 6.45) is -0.307. The number of amides is 1. The first-order valence-electron chi connectivity index (χ1n) is 14.5. The summed E-state index contributed by atoms with van der Waals surface area (Å²) in [5.74, 6) is 0.733. The van der Waals surface area contributed by atoms with Gasteiger partial charge in [-0.3, -0.25) is 9.59 Å². The van der Waals surface area contributed by atoms with E-state index in [1.54, 1.807) is 40.0 Å². The van der Waals surface area contributed by atoms with Crippen LogP contribution >= 0.6 is 15.9 Å². The van der Waals surface area contributed by atoms with Crippen LogP contribution in [-0.4, -0.2) is 54.3 Å². The smallest absolute Gasteiger partial charge is 0.306 e. The van der Waals surface area contributed by atoms with Crippen molar-refractivity contribution in [2.24, 2.45) is 4.99 Å². The molecule has 3 aromatic carbocycles. The number of esters is 1. The average Bonchev–Trinajstić information content (AvgIpc) is 3.40. The molecule has 2 atom stereocenters. The second-order valence-electron chi connectivity index (χ2n) is 11.4. The highest BCUT2D eigenvalue weighted by molar-refractivity contribution is 9.10. The Morgan fingerprint density at radius 2 is 1.75 bits per heavy atom. The monoisotopic (exact) mass is 666 g/mol. The topological polar surface area (TPSA) is 116 Å². The van der Waals surface area contributed by atoms with Gasteiger partial charge in [0.05, 0.1) is 13.7 Å². The Bertz CT molecular complexity index is 1450. The van der Waals surface area contributed by atoms with Gasteiger partial charge in [-0.05, 0) is 75.2 Å². The number of aliphatic imine (C=N–C) groups is 1. The normalized spacial score (nSPS) is 17.8. The number of methoxy groups -OCH3 is 1. The Labute approximate surface area is 266 Å². The first-order chi connectivity index (χ1) is 21.0. The number of hydrogen-bond donors (Lipinski definition) is 2. The molecule has 1 aliphatic rings. The van der Waals surface area contributed by atoms with Gasteiger partial charge in [0.1, 0.15) is 17.1 Å². The fraction of sp³-hybridized carbons (Fsp3) is 0.382. The molecule has 0 aliphatic carbocycles. The SMILES string of the molecule is COc1ccccc1CNC(=O)[C@]1(CCC(=O)OC(C)(C)C)N=C(c2ccc(OCCCO)cc2)O[C@@H]1c1ccc(Br)cc1. The number of aliphatic hydroxyl groups is 1. The number of halogens is 1. The van der Waals surface area contributed by atoms with Gasteiger partial charge in [-0.15, -0.1) is 0 Å². The Hall–Kier alpha value is -3.89. The van der Waals surface area contributed by atoms with Crippen LogP contribution < -0.4 is 14.8 Å². The highest BCUT2D eigenvalue weighted by atomic mass is 79.9. The second-order valence-corrected chi connectivity index (χ2v) is 12.3. The Morgan fingerprint density at radius 3 is 2.41 bits per heavy atom. The van der Waals surface area contributed by atoms with Gasteiger partial charge in [0, 0.05) is 41.6 Å². The molecular formula is C34H39BrN2O7. The molecule has 2 N–H and O–H groups in total. The largest absolute Gasteiger partial charge is 0.496 e. The summed E-state index contributed by atoms with van der Waals surface area (Å²) in [5, 5.41) is 12.1. The zero-order valence-electron chi connectivity index (χ0n) is 25.5. The Balaban J connectivity index is 1.72. The second kappa shape index (κ2) is 14.7. The molecule has 0 saturated carbocycles. The van der Waals surface area contributed by atoms with Crippen LogP contribution in [0, 0.1) is 0 Å². The van der Waals surface area contributed by atoms with Crippen LogP contribution in [0.3, 0.4) is 0 Å². The van der Waals surface area contributed by atoms with Gasteiger partial charge in [-0.2, -0.15) is 0 Å². The molecule has 0 bridgehead atoms. The van der Waals surface area contributed by atoms with E-state index in [1.807, 2.05) is 60.7 Å². The van der Waals surface area contributed by atoms with Crippen LogP contribution in [0.4, 0.5) is 0 Å². The van der Waals surface area contributed by atoms with Crippen molar-refractivity contribution in [2.75, 3.05) is 20.3 Å². The third kappa shape index (κ3) is 8.39. The van der Waals surface area contributed by atoms with E-state index in [4.69, 9.17) is 29.0 Å². The Kier molecular flexibility index (Phi) is 11.0. The van der Waals surface area contributed by atoms with Crippen LogP contribution in [0.2, 0.25) is 0 Å². The van der Waals surface area contributed by atoms with Gasteiger partial charge in [0.25, 0.3) is 5.91 Å². The van der Waals surface area contributed by atoms with Gasteiger partial charge in [-0.25, -0.2) is 4.99 Å². The third-order valence-electron chi connectivity index (χ3n) is 6.96. The first-order valence-corrected chi connectivity index (χ1v) is 15.3. The summed E-state index contributed by atoms with van der Waals surface area (Å²) in [6, 6.07) is 22.1. The maximum atomic E-state index is 14.3. The van der Waals surface area contributed by atoms with E-state index < -0.39 is 23.2 Å². The van der Waals surface area contributed by atoms with E-state index in [0.29, 0.717) is 30.1 Å². The molecule has 10 heteroatoms. The van der Waals surface area contributed by atoms with Gasteiger partial charge < -0.3 is 29.4 Å². The molecule has 1 heterocycles. The zero-order chi connectivity index (χ0) is 31.7. The third-order valence-corrected chi connectivity index (χ3v) is 7.49. The number of nitrogens with one attached hydrogen (secondary N) is 1. The molecule has 1 amide bonds. The van der Waals surface area contributed by atoms with Crippen molar-refractivity contribution in [3.05, 3.63) is 94.0 Å². The molecule has 3 aromatic rings. The van der Waals surface area contributed by atoms with Crippen molar-refractivity contribution in [1.29, 1.82) is 0 Å². The molecule has 0 saturated heterocycles. The highest BCUT2D eigenvalue weighted by Crippen LogP contribution is 2.44. The standard InChI is InChI=1S/C34H39BrN2O7/c1-33(2,3)44-29(39)18-19-34(32(40)36-22-25-8-5-6-9-28(25)41-4)30(23-10-14-26(35)15-11-23)43-31(37-34)24-12-16-27(17-13-24)42-21-7-20-38/h5-6,8-17,30,38H,7,18-22H2,1-4H3,(H,36,40)/t30-,34-/m1/s1. The van der Waals surface area contributed by atoms with Crippen LogP contribution in [0.15, 0.2) is 82.3 Å². The number of hydrogen-bond acceptors (Lipinski definition) is 8. The molecule has 44 heavy (non-hydrogen) atoms. The quantitative estimate of drug-likeness (QED) is 0.172. The number of carbonyl (C=O) groups is 2. The summed E-state index contributed by atoms with van der Waals surface area (Å²) in [4.78, 5) is 32.2. The summed E-state index contributed by atoms with van der Waals surface area (Å²) in [7, 11) is 1.58. The molecule has 234 valence electrons. The summed E-state index contributed by atoms with van der Waals surface area (Å²) < 4.78 is 24.1. The number of rotatable bonds is 13. The molecule has 9 nitrogen and oxygen atoms in total. The number of para-hydroxylation sites is 1. The molecule has 0 spiro atoms. The summed E-state index contributed by atoms with van der Waals surface area (Å²) in [6.45, 7) is 6.03. The number of aliphatic hydroxyl groups excluding tert-OH is 1. The molecule has 4 rings (SSSR count). The molecule has 0 unspecified atom stereocenters. The van der Waals surface area contributed by atoms with E-state index in [-0.39, 0.29) is 37.8 Å². The van der Waals surface area contributed by atoms with Crippen LogP contribution in [-0.2, 0) is 25.6 Å². The minimum atomic E-state index is -1.49. The summed E-state index contributed by atoms with van der Waals surface area (Å²) in [5.41, 5.74) is 0.0122. The molecule has 1 aliphatic heterocycles. The maximum Gasteiger partial charge on any atom is 0.306 e. The lowest BCUT2D eigenvalue weighted by Crippen LogP contribution is -2.48. The van der Waals surface area contributed by atoms with Gasteiger partial charge in [-0.1, -0.05) is 46.3 Å². The molecule has 0 radical (unpaired) electrons. The van der Waals surface area contributed by atoms with Crippen LogP contribution in [0.5, 0.6) is 11.5 Å². The maximum absolute atomic E-state index is 14.3. The predicted molar refractivity (Wildman–Crippen MR) is 171 cm³/mol. The molecule has 0 fully saturated rings. The van der Waals surface area contributed by atoms with E-state index in [2.05, 4.69) is 21.2 Å². The van der Waals surface area contributed by atoms with Crippen molar-refractivity contribution >= 4 is 33.7 Å². The summed E-state index contributed by atoms with van der Waals surface area (Å²) >= 11 is 3.48. The minimum absolute atomic E-state index is 0.0463. The van der Waals surface area contributed by atoms with Crippen molar-refractivity contribution in [1.82, 2.24) is 5.32 Å². The lowest BCUT2D eigenvalue weighted by molar-refractivity contribution is -0.155. The van der Waals surface area contributed by atoms with E-state index in [0.717, 1.165) is 15.6 Å². The number of ether oxygens (including phenoxy) is 4. The van der Waals surface area contributed by atoms with Crippen molar-refractivity contribution in [3.63, 3.8) is 0 Å². The average molecular weight is 668 g/mol. The first kappa shape index (κ1) is 33.0. The van der Waals surface area contributed by atoms with Crippen molar-refractivity contribution in [3.8, 4) is 11.5 Å². The van der Waals surface area contributed by atoms with E-state index >= 15 is 0 Å². The lowest BCUT2D eigenvalue weighted by atomic mass is 9.83. The number of nitrogens with zero attached hydrogens (tertiary/aromatic N) is 1. The molecule has 0 aromatic heterocycles. The van der Waals surface area contributed by atoms with Crippen molar-refractivity contribution in [2.45, 2.75) is 63.8 Å². The zero-order valence-corrected chi connectivity index (χ0v) is 27.1. The van der Waals surface area contributed by atoms with E-state index in [1.165, 1.54) is 0 Å². The lowest BCUT2D eigenvalue weighted by Gasteiger charge is -2.31. The van der Waals surface area contributed by atoms with Gasteiger partial charge in [0.15, 0.2) is 11.6 Å². The van der Waals surface area contributed by atoms with Crippen molar-refractivity contribution < 1.29 is 33.6 Å². The minimum Gasteiger partial charge on any atom is -0.496 e. The number of carbonyl (C=O) groups excluding carboxylic acids is 2. The fourth-order valence-electron chi connectivity index (χ4n) is 4.87. The number of benzene rings is 3. The van der Waals surface area contributed by atoms with E-state index in [9.17, 15) is 9.59 Å². The highest BCUT2D eigenvalue weighted by Gasteiger charge is 2.53. The van der Waals surface area contributed by atoms with Crippen LogP contribution in [0.1, 0.15) is 62.8 Å². The Morgan fingerprint density at radius 1 is 1.05 bits per heavy atom. The fourth-order valence-corrected chi connectivity index (χ4v) is 5.13. The van der Waals surface area contributed by atoms with Crippen LogP contribution in [0.25, 0.3) is 0 Å².